The lowest BCUT2D eigenvalue weighted by molar-refractivity contribution is -0.133. The molecule has 0 N–H and O–H groups in total. The van der Waals surface area contributed by atoms with Crippen molar-refractivity contribution in [2.24, 2.45) is 5.92 Å². The van der Waals surface area contributed by atoms with Crippen LogP contribution < -0.4 is 0 Å². The van der Waals surface area contributed by atoms with Gasteiger partial charge in [-0.05, 0) is 11.1 Å². The van der Waals surface area contributed by atoms with Crippen LogP contribution in [0.4, 0.5) is 4.79 Å². The van der Waals surface area contributed by atoms with Gasteiger partial charge in [-0.3, -0.25) is 4.79 Å². The molecule has 4 nitrogen and oxygen atoms in total. The Bertz CT molecular complexity index is 814. The van der Waals surface area contributed by atoms with Crippen LogP contribution in [-0.4, -0.2) is 27.3 Å². The molecule has 1 saturated heterocycles. The fourth-order valence-corrected chi connectivity index (χ4v) is 5.04. The third-order valence-corrected chi connectivity index (χ3v) is 6.09. The van der Waals surface area contributed by atoms with E-state index in [1.54, 1.807) is 0 Å². The van der Waals surface area contributed by atoms with E-state index in [4.69, 9.17) is 39.5 Å². The molecule has 2 amide bonds. The summed E-state index contributed by atoms with van der Waals surface area (Å²) < 4.78 is 3.18. The van der Waals surface area contributed by atoms with E-state index in [-0.39, 0.29) is 6.61 Å². The van der Waals surface area contributed by atoms with Crippen LogP contribution in [-0.2, 0) is 9.53 Å². The summed E-state index contributed by atoms with van der Waals surface area (Å²) in [4.78, 5) is 26.1. The van der Waals surface area contributed by atoms with Crippen molar-refractivity contribution < 1.29 is 14.3 Å². The zero-order chi connectivity index (χ0) is 19.6. The third kappa shape index (κ3) is 4.43. The number of carbonyl (C=O) groups is 2. The van der Waals surface area contributed by atoms with Crippen molar-refractivity contribution in [3.05, 3.63) is 71.8 Å². The minimum Gasteiger partial charge on any atom is -0.446 e. The number of hydrogen-bond acceptors (Lipinski definition) is 3. The van der Waals surface area contributed by atoms with E-state index in [0.29, 0.717) is 0 Å². The van der Waals surface area contributed by atoms with Crippen molar-refractivity contribution in [3.8, 4) is 0 Å². The van der Waals surface area contributed by atoms with E-state index < -0.39 is 32.6 Å². The van der Waals surface area contributed by atoms with Crippen LogP contribution in [0.15, 0.2) is 60.7 Å². The molecule has 1 heterocycles. The summed E-state index contributed by atoms with van der Waals surface area (Å²) in [5, 5.41) is 0. The van der Waals surface area contributed by atoms with Crippen molar-refractivity contribution >= 4 is 62.7 Å². The first-order chi connectivity index (χ1) is 12.8. The smallest absolute Gasteiger partial charge is 0.417 e. The molecule has 0 bridgehead atoms. The molecule has 1 aliphatic heterocycles. The molecule has 27 heavy (non-hydrogen) atoms. The minimum absolute atomic E-state index is 0.0550. The maximum atomic E-state index is 13.3. The van der Waals surface area contributed by atoms with Crippen LogP contribution >= 0.6 is 50.7 Å². The van der Waals surface area contributed by atoms with Gasteiger partial charge >= 0.3 is 6.09 Å². The number of imide groups is 1. The molecule has 1 fully saturated rings. The number of cyclic esters (lactones) is 1. The van der Waals surface area contributed by atoms with E-state index in [1.807, 2.05) is 60.7 Å². The first kappa shape index (κ1) is 20.5. The number of carbonyl (C=O) groups excluding carboxylic acids is 2. The van der Waals surface area contributed by atoms with Gasteiger partial charge in [0.2, 0.25) is 9.70 Å². The van der Waals surface area contributed by atoms with Crippen LogP contribution in [0.25, 0.3) is 0 Å². The minimum atomic E-state index is -1.94. The molecule has 0 unspecified atom stereocenters. The van der Waals surface area contributed by atoms with Crippen LogP contribution in [0, 0.1) is 5.92 Å². The third-order valence-electron chi connectivity index (χ3n) is 4.32. The highest BCUT2D eigenvalue weighted by Crippen LogP contribution is 2.48. The van der Waals surface area contributed by atoms with Crippen LogP contribution in [0.1, 0.15) is 22.0 Å². The maximum Gasteiger partial charge on any atom is 0.417 e. The van der Waals surface area contributed by atoms with Crippen molar-refractivity contribution in [1.29, 1.82) is 0 Å². The Morgan fingerprint density at radius 1 is 1.07 bits per heavy atom. The molecular formula is C19H15BrCl3NO3. The topological polar surface area (TPSA) is 46.6 Å². The molecule has 8 heteroatoms. The van der Waals surface area contributed by atoms with Crippen molar-refractivity contribution in [1.82, 2.24) is 4.90 Å². The van der Waals surface area contributed by atoms with Crippen LogP contribution in [0.2, 0.25) is 0 Å². The second-order valence-electron chi connectivity index (χ2n) is 6.04. The fourth-order valence-electron chi connectivity index (χ4n) is 3.00. The van der Waals surface area contributed by atoms with Gasteiger partial charge in [0, 0.05) is 0 Å². The zero-order valence-electron chi connectivity index (χ0n) is 13.9. The molecule has 3 rings (SSSR count). The fraction of sp³-hybridized carbons (Fsp3) is 0.263. The summed E-state index contributed by atoms with van der Waals surface area (Å²) in [5.41, 5.74) is 1.52. The molecule has 142 valence electrons. The van der Waals surface area contributed by atoms with Gasteiger partial charge in [-0.15, -0.1) is 0 Å². The number of halogens is 4. The number of rotatable bonds is 4. The highest BCUT2D eigenvalue weighted by atomic mass is 79.9. The normalized spacial score (nSPS) is 19.5. The standard InChI is InChI=1S/C19H15BrCl3NO3/c20-16(13-9-5-2-6-10-13)15(19(21,22)23)17(25)24-14(11-27-18(24)26)12-7-3-1-4-8-12/h1-10,14-16H,11H2/t14-,15-,16-/m0/s1. The summed E-state index contributed by atoms with van der Waals surface area (Å²) >= 11 is 22.0. The number of benzene rings is 2. The summed E-state index contributed by atoms with van der Waals surface area (Å²) in [6, 6.07) is 17.7. The van der Waals surface area contributed by atoms with Crippen molar-refractivity contribution in [2.45, 2.75) is 14.7 Å². The number of alkyl halides is 4. The van der Waals surface area contributed by atoms with Gasteiger partial charge < -0.3 is 4.74 Å². The van der Waals surface area contributed by atoms with E-state index in [1.165, 1.54) is 0 Å². The first-order valence-corrected chi connectivity index (χ1v) is 10.2. The Morgan fingerprint density at radius 2 is 1.63 bits per heavy atom. The molecule has 2 aromatic rings. The van der Waals surface area contributed by atoms with Crippen molar-refractivity contribution in [3.63, 3.8) is 0 Å². The number of ether oxygens (including phenoxy) is 1. The average Bonchev–Trinajstić information content (AvgIpc) is 3.03. The second kappa shape index (κ2) is 8.39. The molecule has 1 aliphatic rings. The Kier molecular flexibility index (Phi) is 6.36. The van der Waals surface area contributed by atoms with Crippen molar-refractivity contribution in [2.75, 3.05) is 6.61 Å². The van der Waals surface area contributed by atoms with Gasteiger partial charge in [-0.1, -0.05) is 111 Å². The highest BCUT2D eigenvalue weighted by Gasteiger charge is 2.50. The zero-order valence-corrected chi connectivity index (χ0v) is 17.8. The van der Waals surface area contributed by atoms with Crippen LogP contribution in [0.3, 0.4) is 0 Å². The lowest BCUT2D eigenvalue weighted by Gasteiger charge is -2.32. The maximum absolute atomic E-state index is 13.3. The quantitative estimate of drug-likeness (QED) is 0.506. The van der Waals surface area contributed by atoms with Gasteiger partial charge in [0.25, 0.3) is 0 Å². The van der Waals surface area contributed by atoms with Gasteiger partial charge in [0.15, 0.2) is 0 Å². The van der Waals surface area contributed by atoms with E-state index in [9.17, 15) is 9.59 Å². The number of hydrogen-bond donors (Lipinski definition) is 0. The molecular weight excluding hydrogens is 476 g/mol. The van der Waals surface area contributed by atoms with Gasteiger partial charge in [-0.25, -0.2) is 9.69 Å². The van der Waals surface area contributed by atoms with Gasteiger partial charge in [-0.2, -0.15) is 0 Å². The lowest BCUT2D eigenvalue weighted by atomic mass is 9.97. The number of nitrogens with zero attached hydrogens (tertiary/aromatic N) is 1. The summed E-state index contributed by atoms with van der Waals surface area (Å²) in [5.74, 6) is -1.75. The SMILES string of the molecule is O=C1OC[C@@H](c2ccccc2)N1C(=O)[C@H]([C@@H](Br)c1ccccc1)C(Cl)(Cl)Cl. The first-order valence-electron chi connectivity index (χ1n) is 8.11. The molecule has 0 saturated carbocycles. The predicted octanol–water partition coefficient (Wildman–Crippen LogP) is 5.83. The second-order valence-corrected chi connectivity index (χ2v) is 9.40. The Labute approximate surface area is 180 Å². The summed E-state index contributed by atoms with van der Waals surface area (Å²) in [6.07, 6.45) is -0.749. The molecule has 0 aromatic heterocycles. The average molecular weight is 492 g/mol. The molecule has 2 aromatic carbocycles. The van der Waals surface area contributed by atoms with E-state index >= 15 is 0 Å². The van der Waals surface area contributed by atoms with Gasteiger partial charge in [0.05, 0.1) is 4.83 Å². The summed E-state index contributed by atoms with van der Waals surface area (Å²) in [7, 11) is 0. The largest absolute Gasteiger partial charge is 0.446 e. The van der Waals surface area contributed by atoms with E-state index in [0.717, 1.165) is 16.0 Å². The molecule has 0 aliphatic carbocycles. The monoisotopic (exact) mass is 489 g/mol. The highest BCUT2D eigenvalue weighted by molar-refractivity contribution is 9.09. The Balaban J connectivity index is 1.97. The Morgan fingerprint density at radius 3 is 2.19 bits per heavy atom. The molecule has 0 radical (unpaired) electrons. The predicted molar refractivity (Wildman–Crippen MR) is 109 cm³/mol. The van der Waals surface area contributed by atoms with Crippen LogP contribution in [0.5, 0.6) is 0 Å². The lowest BCUT2D eigenvalue weighted by Crippen LogP contribution is -2.44. The number of amides is 2. The van der Waals surface area contributed by atoms with Gasteiger partial charge in [0.1, 0.15) is 18.6 Å². The molecule has 0 spiro atoms. The Hall–Kier alpha value is -1.27. The van der Waals surface area contributed by atoms with E-state index in [2.05, 4.69) is 15.9 Å². The molecule has 3 atom stereocenters. The summed E-state index contributed by atoms with van der Waals surface area (Å²) in [6.45, 7) is 0.0550.